The number of methoxy groups -OCH3 is 1. The van der Waals surface area contributed by atoms with Crippen LogP contribution in [0.3, 0.4) is 0 Å². The number of aromatic nitrogens is 2. The van der Waals surface area contributed by atoms with Gasteiger partial charge >= 0.3 is 5.97 Å². The standard InChI is InChI=1S/C9H10N2O2/c1-4-5-7-6-8(9(12)13-3)10-11(7)2/h1,6H,5H2,2-3H3. The summed E-state index contributed by atoms with van der Waals surface area (Å²) in [5, 5.41) is 3.95. The first-order chi connectivity index (χ1) is 6.19. The molecule has 1 heterocycles. The molecule has 13 heavy (non-hydrogen) atoms. The van der Waals surface area contributed by atoms with Crippen molar-refractivity contribution in [2.24, 2.45) is 7.05 Å². The number of aryl methyl sites for hydroxylation is 1. The predicted octanol–water partition coefficient (Wildman–Crippen LogP) is 0.382. The minimum Gasteiger partial charge on any atom is -0.464 e. The Bertz CT molecular complexity index is 360. The van der Waals surface area contributed by atoms with Crippen LogP contribution in [0.15, 0.2) is 6.07 Å². The number of hydrogen-bond acceptors (Lipinski definition) is 3. The van der Waals surface area contributed by atoms with E-state index in [1.165, 1.54) is 7.11 Å². The van der Waals surface area contributed by atoms with Crippen LogP contribution in [0.1, 0.15) is 16.2 Å². The van der Waals surface area contributed by atoms with Crippen LogP contribution >= 0.6 is 0 Å². The number of ether oxygens (including phenoxy) is 1. The molecule has 4 heteroatoms. The van der Waals surface area contributed by atoms with Gasteiger partial charge in [0.25, 0.3) is 0 Å². The van der Waals surface area contributed by atoms with Gasteiger partial charge in [-0.1, -0.05) is 0 Å². The van der Waals surface area contributed by atoms with E-state index in [2.05, 4.69) is 15.8 Å². The van der Waals surface area contributed by atoms with Crippen LogP contribution in [-0.2, 0) is 18.2 Å². The quantitative estimate of drug-likeness (QED) is 0.486. The molecule has 0 aliphatic carbocycles. The summed E-state index contributed by atoms with van der Waals surface area (Å²) >= 11 is 0. The fraction of sp³-hybridized carbons (Fsp3) is 0.333. The van der Waals surface area contributed by atoms with Gasteiger partial charge in [-0.3, -0.25) is 4.68 Å². The summed E-state index contributed by atoms with van der Waals surface area (Å²) in [4.78, 5) is 11.0. The zero-order valence-electron chi connectivity index (χ0n) is 7.57. The fourth-order valence-electron chi connectivity index (χ4n) is 0.980. The molecule has 0 spiro atoms. The van der Waals surface area contributed by atoms with Crippen molar-refractivity contribution in [1.82, 2.24) is 9.78 Å². The van der Waals surface area contributed by atoms with Crippen LogP contribution < -0.4 is 0 Å². The highest BCUT2D eigenvalue weighted by molar-refractivity contribution is 5.87. The topological polar surface area (TPSA) is 44.1 Å². The van der Waals surface area contributed by atoms with Gasteiger partial charge in [0, 0.05) is 7.05 Å². The molecule has 68 valence electrons. The first-order valence-corrected chi connectivity index (χ1v) is 3.73. The average Bonchev–Trinajstić information content (AvgIpc) is 2.47. The Hall–Kier alpha value is -1.76. The number of hydrogen-bond donors (Lipinski definition) is 0. The Balaban J connectivity index is 2.96. The van der Waals surface area contributed by atoms with Gasteiger partial charge in [-0.15, -0.1) is 12.3 Å². The molecule has 0 atom stereocenters. The number of nitrogens with zero attached hydrogens (tertiary/aromatic N) is 2. The number of rotatable bonds is 2. The summed E-state index contributed by atoms with van der Waals surface area (Å²) in [6.45, 7) is 0. The van der Waals surface area contributed by atoms with E-state index in [1.54, 1.807) is 17.8 Å². The van der Waals surface area contributed by atoms with E-state index in [-0.39, 0.29) is 5.69 Å². The van der Waals surface area contributed by atoms with Gasteiger partial charge < -0.3 is 4.74 Å². The Morgan fingerprint density at radius 3 is 3.08 bits per heavy atom. The molecule has 0 aromatic carbocycles. The summed E-state index contributed by atoms with van der Waals surface area (Å²) in [7, 11) is 3.05. The van der Waals surface area contributed by atoms with Gasteiger partial charge in [-0.05, 0) is 6.07 Å². The van der Waals surface area contributed by atoms with Crippen molar-refractivity contribution in [3.63, 3.8) is 0 Å². The summed E-state index contributed by atoms with van der Waals surface area (Å²) in [5.74, 6) is 2.04. The zero-order chi connectivity index (χ0) is 9.84. The second kappa shape index (κ2) is 3.76. The molecule has 4 nitrogen and oxygen atoms in total. The zero-order valence-corrected chi connectivity index (χ0v) is 7.57. The lowest BCUT2D eigenvalue weighted by Crippen LogP contribution is -2.03. The second-order valence-corrected chi connectivity index (χ2v) is 2.52. The van der Waals surface area contributed by atoms with E-state index in [9.17, 15) is 4.79 Å². The van der Waals surface area contributed by atoms with Crippen molar-refractivity contribution >= 4 is 5.97 Å². The van der Waals surface area contributed by atoms with E-state index in [0.717, 1.165) is 5.69 Å². The van der Waals surface area contributed by atoms with E-state index < -0.39 is 5.97 Å². The highest BCUT2D eigenvalue weighted by atomic mass is 16.5. The maximum Gasteiger partial charge on any atom is 0.358 e. The molecule has 0 fully saturated rings. The van der Waals surface area contributed by atoms with E-state index >= 15 is 0 Å². The number of terminal acetylenes is 1. The molecule has 0 N–H and O–H groups in total. The molecular formula is C9H10N2O2. The molecule has 0 aliphatic heterocycles. The maximum atomic E-state index is 11.0. The van der Waals surface area contributed by atoms with E-state index in [4.69, 9.17) is 6.42 Å². The Morgan fingerprint density at radius 1 is 1.85 bits per heavy atom. The predicted molar refractivity (Wildman–Crippen MR) is 47.1 cm³/mol. The van der Waals surface area contributed by atoms with Crippen molar-refractivity contribution in [2.75, 3.05) is 7.11 Å². The smallest absolute Gasteiger partial charge is 0.358 e. The summed E-state index contributed by atoms with van der Waals surface area (Å²) in [6, 6.07) is 1.63. The number of carbonyl (C=O) groups excluding carboxylic acids is 1. The molecule has 0 aliphatic rings. The first-order valence-electron chi connectivity index (χ1n) is 3.73. The van der Waals surface area contributed by atoms with Gasteiger partial charge in [0.05, 0.1) is 19.2 Å². The highest BCUT2D eigenvalue weighted by Crippen LogP contribution is 2.04. The average molecular weight is 178 g/mol. The summed E-state index contributed by atoms with van der Waals surface area (Å²) in [6.07, 6.45) is 5.60. The molecule has 0 saturated heterocycles. The molecule has 1 aromatic heterocycles. The third-order valence-electron chi connectivity index (χ3n) is 1.65. The van der Waals surface area contributed by atoms with Crippen LogP contribution in [0.5, 0.6) is 0 Å². The van der Waals surface area contributed by atoms with Crippen molar-refractivity contribution in [1.29, 1.82) is 0 Å². The molecule has 1 rings (SSSR count). The van der Waals surface area contributed by atoms with Crippen molar-refractivity contribution in [3.05, 3.63) is 17.5 Å². The van der Waals surface area contributed by atoms with Crippen molar-refractivity contribution in [2.45, 2.75) is 6.42 Å². The van der Waals surface area contributed by atoms with E-state index in [1.807, 2.05) is 0 Å². The lowest BCUT2D eigenvalue weighted by molar-refractivity contribution is 0.0593. The Morgan fingerprint density at radius 2 is 2.54 bits per heavy atom. The molecular weight excluding hydrogens is 168 g/mol. The van der Waals surface area contributed by atoms with Crippen molar-refractivity contribution < 1.29 is 9.53 Å². The number of esters is 1. The van der Waals surface area contributed by atoms with Crippen LogP contribution in [0.25, 0.3) is 0 Å². The maximum absolute atomic E-state index is 11.0. The second-order valence-electron chi connectivity index (χ2n) is 2.52. The third-order valence-corrected chi connectivity index (χ3v) is 1.65. The third kappa shape index (κ3) is 1.88. The number of carbonyl (C=O) groups is 1. The lowest BCUT2D eigenvalue weighted by atomic mass is 10.3. The van der Waals surface area contributed by atoms with E-state index in [0.29, 0.717) is 6.42 Å². The van der Waals surface area contributed by atoms with Crippen LogP contribution in [0.4, 0.5) is 0 Å². The van der Waals surface area contributed by atoms with Gasteiger partial charge in [0.1, 0.15) is 0 Å². The molecule has 1 aromatic rings. The van der Waals surface area contributed by atoms with Crippen LogP contribution in [0, 0.1) is 12.3 Å². The molecule has 0 bridgehead atoms. The van der Waals surface area contributed by atoms with Crippen LogP contribution in [-0.4, -0.2) is 22.9 Å². The summed E-state index contributed by atoms with van der Waals surface area (Å²) < 4.78 is 6.09. The Kier molecular flexibility index (Phi) is 2.70. The molecule has 0 saturated carbocycles. The minimum absolute atomic E-state index is 0.287. The SMILES string of the molecule is C#CCc1cc(C(=O)OC)nn1C. The Labute approximate surface area is 76.5 Å². The van der Waals surface area contributed by atoms with Crippen LogP contribution in [0.2, 0.25) is 0 Å². The van der Waals surface area contributed by atoms with Gasteiger partial charge in [0.2, 0.25) is 0 Å². The molecule has 0 unspecified atom stereocenters. The molecule has 0 radical (unpaired) electrons. The monoisotopic (exact) mass is 178 g/mol. The largest absolute Gasteiger partial charge is 0.464 e. The fourth-order valence-corrected chi connectivity index (χ4v) is 0.980. The lowest BCUT2D eigenvalue weighted by Gasteiger charge is -1.92. The van der Waals surface area contributed by atoms with Gasteiger partial charge in [0.15, 0.2) is 5.69 Å². The van der Waals surface area contributed by atoms with Crippen molar-refractivity contribution in [3.8, 4) is 12.3 Å². The van der Waals surface area contributed by atoms with Gasteiger partial charge in [-0.2, -0.15) is 5.10 Å². The molecule has 0 amide bonds. The normalized spacial score (nSPS) is 9.31. The highest BCUT2D eigenvalue weighted by Gasteiger charge is 2.11. The summed E-state index contributed by atoms with van der Waals surface area (Å²) in [5.41, 5.74) is 1.11. The van der Waals surface area contributed by atoms with Gasteiger partial charge in [-0.25, -0.2) is 4.79 Å². The first kappa shape index (κ1) is 9.33. The minimum atomic E-state index is -0.445.